The summed E-state index contributed by atoms with van der Waals surface area (Å²) >= 11 is 0. The van der Waals surface area contributed by atoms with Gasteiger partial charge in [-0.2, -0.15) is 0 Å². The van der Waals surface area contributed by atoms with Crippen LogP contribution >= 0.6 is 0 Å². The van der Waals surface area contributed by atoms with E-state index in [0.717, 1.165) is 0 Å². The van der Waals surface area contributed by atoms with E-state index in [9.17, 15) is 0 Å². The molecule has 0 fully saturated rings. The first-order valence-corrected chi connectivity index (χ1v) is 14.8. The highest BCUT2D eigenvalue weighted by Gasteiger charge is 1.98. The van der Waals surface area contributed by atoms with Crippen molar-refractivity contribution in [2.75, 3.05) is 0 Å². The summed E-state index contributed by atoms with van der Waals surface area (Å²) < 4.78 is 0. The Hall–Kier alpha value is -3.90. The van der Waals surface area contributed by atoms with Crippen LogP contribution in [0, 0.1) is 0 Å². The quantitative estimate of drug-likeness (QED) is 0.224. The van der Waals surface area contributed by atoms with Gasteiger partial charge in [0, 0.05) is 0 Å². The maximum absolute atomic E-state index is 2.24. The molecule has 4 rings (SSSR count). The van der Waals surface area contributed by atoms with Crippen LogP contribution in [0.3, 0.4) is 0 Å². The highest BCUT2D eigenvalue weighted by Crippen LogP contribution is 2.21. The average Bonchev–Trinajstić information content (AvgIpc) is 3.05. The van der Waals surface area contributed by atoms with Gasteiger partial charge < -0.3 is 0 Å². The Bertz CT molecular complexity index is 1170. The summed E-state index contributed by atoms with van der Waals surface area (Å²) in [6.07, 6.45) is 6.60. The van der Waals surface area contributed by atoms with Gasteiger partial charge >= 0.3 is 0 Å². The average molecular weight is 533 g/mol. The molecule has 0 aliphatic carbocycles. The molecular weight excluding hydrogens is 480 g/mol. The first kappa shape index (κ1) is 36.1. The lowest BCUT2D eigenvalue weighted by Gasteiger charge is -2.04. The van der Waals surface area contributed by atoms with Gasteiger partial charge in [-0.1, -0.05) is 169 Å². The Morgan fingerprint density at radius 2 is 0.700 bits per heavy atom. The number of hydrogen-bond donors (Lipinski definition) is 0. The highest BCUT2D eigenvalue weighted by molar-refractivity contribution is 5.83. The Morgan fingerprint density at radius 3 is 1.00 bits per heavy atom. The molecule has 0 nitrogen and oxygen atoms in total. The van der Waals surface area contributed by atoms with Crippen molar-refractivity contribution in [3.8, 4) is 0 Å². The summed E-state index contributed by atoms with van der Waals surface area (Å²) in [5.41, 5.74) is 10.2. The minimum atomic E-state index is 1.23. The molecule has 0 unspecified atom stereocenters. The van der Waals surface area contributed by atoms with Crippen LogP contribution in [0.5, 0.6) is 0 Å². The number of rotatable bonds is 5. The van der Waals surface area contributed by atoms with Crippen LogP contribution < -0.4 is 0 Å². The van der Waals surface area contributed by atoms with Gasteiger partial charge in [-0.25, -0.2) is 0 Å². The normalized spacial score (nSPS) is 10.7. The van der Waals surface area contributed by atoms with Gasteiger partial charge in [0.05, 0.1) is 0 Å². The summed E-state index contributed by atoms with van der Waals surface area (Å²) in [6, 6.07) is 40.1. The molecule has 0 amide bonds. The fourth-order valence-corrected chi connectivity index (χ4v) is 3.68. The third-order valence-electron chi connectivity index (χ3n) is 5.80. The lowest BCUT2D eigenvalue weighted by molar-refractivity contribution is 1.50. The monoisotopic (exact) mass is 532 g/mol. The summed E-state index contributed by atoms with van der Waals surface area (Å²) in [6.45, 7) is 20.5. The van der Waals surface area contributed by atoms with Crippen LogP contribution in [-0.2, 0) is 0 Å². The largest absolute Gasteiger partial charge is 0.0841 e. The van der Waals surface area contributed by atoms with E-state index < -0.39 is 0 Å². The third-order valence-corrected chi connectivity index (χ3v) is 5.80. The van der Waals surface area contributed by atoms with Gasteiger partial charge in [-0.15, -0.1) is 0 Å². The molecule has 0 saturated heterocycles. The molecule has 0 spiro atoms. The van der Waals surface area contributed by atoms with Gasteiger partial charge in [-0.3, -0.25) is 0 Å². The van der Waals surface area contributed by atoms with Crippen LogP contribution in [0.4, 0.5) is 0 Å². The van der Waals surface area contributed by atoms with Gasteiger partial charge in [0.25, 0.3) is 0 Å². The van der Waals surface area contributed by atoms with Crippen LogP contribution in [0.2, 0.25) is 0 Å². The lowest BCUT2D eigenvalue weighted by Crippen LogP contribution is -1.82. The molecule has 0 aromatic heterocycles. The summed E-state index contributed by atoms with van der Waals surface area (Å²) in [5.74, 6) is 0. The first-order valence-electron chi connectivity index (χ1n) is 14.8. The van der Waals surface area contributed by atoms with Crippen molar-refractivity contribution in [3.63, 3.8) is 0 Å². The maximum Gasteiger partial charge on any atom is -0.0227 e. The summed E-state index contributed by atoms with van der Waals surface area (Å²) in [5, 5.41) is 0. The minimum absolute atomic E-state index is 1.23. The molecule has 0 atom stereocenters. The molecule has 0 bridgehead atoms. The van der Waals surface area contributed by atoms with Crippen LogP contribution in [-0.4, -0.2) is 0 Å². The minimum Gasteiger partial charge on any atom is -0.0841 e. The first-order chi connectivity index (χ1) is 19.6. The second kappa shape index (κ2) is 23.0. The Balaban J connectivity index is 0.000000795. The Kier molecular flexibility index (Phi) is 20.8. The van der Waals surface area contributed by atoms with Gasteiger partial charge in [0.2, 0.25) is 0 Å². The number of benzene rings is 4. The fourth-order valence-electron chi connectivity index (χ4n) is 3.68. The molecule has 0 heteroatoms. The van der Waals surface area contributed by atoms with E-state index in [0.29, 0.717) is 0 Å². The zero-order chi connectivity index (χ0) is 30.2. The van der Waals surface area contributed by atoms with E-state index in [1.54, 1.807) is 0 Å². The lowest BCUT2D eigenvalue weighted by atomic mass is 10.0. The second-order valence-electron chi connectivity index (χ2n) is 8.39. The fraction of sp³-hybridized carbons (Fsp3) is 0.250. The number of hydrogen-bond acceptors (Lipinski definition) is 0. The van der Waals surface area contributed by atoms with Crippen molar-refractivity contribution in [1.29, 1.82) is 0 Å². The van der Waals surface area contributed by atoms with Crippen molar-refractivity contribution in [2.45, 2.75) is 69.2 Å². The van der Waals surface area contributed by atoms with Gasteiger partial charge in [0.1, 0.15) is 0 Å². The molecule has 40 heavy (non-hydrogen) atoms. The van der Waals surface area contributed by atoms with Crippen LogP contribution in [0.1, 0.15) is 97.1 Å². The van der Waals surface area contributed by atoms with E-state index in [1.165, 1.54) is 44.5 Å². The molecule has 212 valence electrons. The Labute approximate surface area is 246 Å². The van der Waals surface area contributed by atoms with Gasteiger partial charge in [0.15, 0.2) is 0 Å². The zero-order valence-electron chi connectivity index (χ0n) is 26.7. The van der Waals surface area contributed by atoms with Crippen LogP contribution in [0.25, 0.3) is 28.9 Å². The zero-order valence-corrected chi connectivity index (χ0v) is 26.7. The topological polar surface area (TPSA) is 0 Å². The third kappa shape index (κ3) is 13.8. The summed E-state index contributed by atoms with van der Waals surface area (Å²) in [7, 11) is 0. The molecule has 0 heterocycles. The van der Waals surface area contributed by atoms with E-state index in [-0.39, 0.29) is 0 Å². The van der Waals surface area contributed by atoms with E-state index in [2.05, 4.69) is 155 Å². The van der Waals surface area contributed by atoms with E-state index in [1.807, 2.05) is 47.6 Å². The highest BCUT2D eigenvalue weighted by atomic mass is 14.0. The molecule has 4 aromatic carbocycles. The van der Waals surface area contributed by atoms with Crippen molar-refractivity contribution < 1.29 is 0 Å². The second-order valence-corrected chi connectivity index (χ2v) is 8.39. The summed E-state index contributed by atoms with van der Waals surface area (Å²) in [4.78, 5) is 0. The van der Waals surface area contributed by atoms with Crippen molar-refractivity contribution >= 4 is 28.9 Å². The molecule has 0 aliphatic rings. The standard InChI is InChI=1S/C24H22.C10H12.3C2H6/c1-19(23-12-5-3-6-13-23)16-21-10-9-11-22(18-21)17-20(2)24-14-7-4-8-15-24;1-3-9(2)10-7-5-4-6-8-10;3*1-2/h3-18H,1-2H3;3-8H,1-2H3;3*1-2H3/b19-16+,20-17+;;;;. The molecule has 0 aliphatic heterocycles. The SMILES string of the molecule is C/C(=C\c1cccc(/C=C(\C)c2ccccc2)c1)c1ccccc1.CC.CC.CC.CC=C(C)c1ccccc1. The maximum atomic E-state index is 2.24. The number of allylic oxidation sites excluding steroid dienone is 4. The molecule has 0 saturated carbocycles. The Morgan fingerprint density at radius 1 is 0.400 bits per heavy atom. The predicted molar refractivity (Wildman–Crippen MR) is 186 cm³/mol. The molecular formula is C40H52. The van der Waals surface area contributed by atoms with E-state index in [4.69, 9.17) is 0 Å². The van der Waals surface area contributed by atoms with E-state index >= 15 is 0 Å². The van der Waals surface area contributed by atoms with Crippen molar-refractivity contribution in [2.24, 2.45) is 0 Å². The van der Waals surface area contributed by atoms with Crippen molar-refractivity contribution in [3.05, 3.63) is 149 Å². The molecule has 4 aromatic rings. The smallest absolute Gasteiger partial charge is 0.0227 e. The predicted octanol–water partition coefficient (Wildman–Crippen LogP) is 13.0. The molecule has 0 radical (unpaired) electrons. The molecule has 0 N–H and O–H groups in total. The van der Waals surface area contributed by atoms with Crippen molar-refractivity contribution in [1.82, 2.24) is 0 Å². The van der Waals surface area contributed by atoms with Crippen LogP contribution in [0.15, 0.2) is 121 Å². The van der Waals surface area contributed by atoms with Gasteiger partial charge in [-0.05, 0) is 78.3 Å².